The van der Waals surface area contributed by atoms with Gasteiger partial charge in [0, 0.05) is 18.7 Å². The number of phenols is 1. The van der Waals surface area contributed by atoms with Gasteiger partial charge in [-0.3, -0.25) is 9.59 Å². The minimum Gasteiger partial charge on any atom is -0.508 e. The van der Waals surface area contributed by atoms with Crippen LogP contribution in [0.4, 0.5) is 0 Å². The maximum absolute atomic E-state index is 13.0. The molecule has 0 spiro atoms. The molecule has 0 radical (unpaired) electrons. The number of hydrogen-bond donors (Lipinski definition) is 2. The average molecular weight is 410 g/mol. The zero-order valence-corrected chi connectivity index (χ0v) is 17.5. The van der Waals surface area contributed by atoms with Crippen molar-refractivity contribution in [2.45, 2.75) is 13.0 Å². The zero-order valence-electron chi connectivity index (χ0n) is 17.5. The summed E-state index contributed by atoms with van der Waals surface area (Å²) in [7, 11) is 5.31. The van der Waals surface area contributed by atoms with Crippen molar-refractivity contribution >= 4 is 17.4 Å². The number of Topliss-reactive ketones (excluding diaryl/α,β-unsaturated/α-hetero) is 1. The first-order valence-electron chi connectivity index (χ1n) is 9.61. The number of aliphatic hydroxyl groups excluding tert-OH is 1. The first kappa shape index (κ1) is 21.4. The number of rotatable bonds is 6. The lowest BCUT2D eigenvalue weighted by atomic mass is 9.94. The Morgan fingerprint density at radius 3 is 2.37 bits per heavy atom. The molecule has 2 aromatic rings. The van der Waals surface area contributed by atoms with Crippen LogP contribution in [0.3, 0.4) is 0 Å². The first-order chi connectivity index (χ1) is 14.2. The van der Waals surface area contributed by atoms with E-state index in [-0.39, 0.29) is 17.1 Å². The van der Waals surface area contributed by atoms with Gasteiger partial charge in [-0.05, 0) is 62.5 Å². The summed E-state index contributed by atoms with van der Waals surface area (Å²) in [4.78, 5) is 29.2. The van der Waals surface area contributed by atoms with Gasteiger partial charge in [0.25, 0.3) is 11.7 Å². The van der Waals surface area contributed by atoms with Crippen molar-refractivity contribution in [3.63, 3.8) is 0 Å². The van der Waals surface area contributed by atoms with Gasteiger partial charge in [0.15, 0.2) is 0 Å². The predicted molar refractivity (Wildman–Crippen MR) is 113 cm³/mol. The van der Waals surface area contributed by atoms with Gasteiger partial charge < -0.3 is 24.7 Å². The molecular weight excluding hydrogens is 384 g/mol. The van der Waals surface area contributed by atoms with Crippen molar-refractivity contribution in [2.24, 2.45) is 0 Å². The van der Waals surface area contributed by atoms with E-state index in [1.165, 1.54) is 17.0 Å². The smallest absolute Gasteiger partial charge is 0.295 e. The van der Waals surface area contributed by atoms with Crippen molar-refractivity contribution in [1.29, 1.82) is 0 Å². The number of hydrogen-bond acceptors (Lipinski definition) is 6. The molecule has 1 aliphatic heterocycles. The van der Waals surface area contributed by atoms with E-state index in [2.05, 4.69) is 0 Å². The SMILES string of the molecule is COc1ccc(/C(O)=C2\C(=O)C(=O)N(CCN(C)C)[C@@H]2c2ccc(O)cc2)c(C)c1. The van der Waals surface area contributed by atoms with Gasteiger partial charge in [0.05, 0.1) is 18.7 Å². The van der Waals surface area contributed by atoms with Crippen LogP contribution in [0.25, 0.3) is 5.76 Å². The number of aliphatic hydroxyl groups is 1. The molecule has 7 heteroatoms. The Bertz CT molecular complexity index is 995. The summed E-state index contributed by atoms with van der Waals surface area (Å²) in [6.45, 7) is 2.68. The molecule has 0 unspecified atom stereocenters. The van der Waals surface area contributed by atoms with Crippen LogP contribution in [-0.2, 0) is 9.59 Å². The molecule has 2 N–H and O–H groups in total. The number of ether oxygens (including phenoxy) is 1. The number of phenolic OH excluding ortho intramolecular Hbond substituents is 1. The third-order valence-electron chi connectivity index (χ3n) is 5.23. The van der Waals surface area contributed by atoms with Crippen LogP contribution in [0.2, 0.25) is 0 Å². The maximum Gasteiger partial charge on any atom is 0.295 e. The quantitative estimate of drug-likeness (QED) is 0.432. The van der Waals surface area contributed by atoms with E-state index in [4.69, 9.17) is 4.74 Å². The predicted octanol–water partition coefficient (Wildman–Crippen LogP) is 2.69. The van der Waals surface area contributed by atoms with E-state index >= 15 is 0 Å². The van der Waals surface area contributed by atoms with Crippen LogP contribution < -0.4 is 4.74 Å². The van der Waals surface area contributed by atoms with Crippen molar-refractivity contribution in [3.8, 4) is 11.5 Å². The molecule has 1 amide bonds. The Morgan fingerprint density at radius 1 is 1.13 bits per heavy atom. The topological polar surface area (TPSA) is 90.3 Å². The molecule has 0 aromatic heterocycles. The molecule has 0 aliphatic carbocycles. The summed E-state index contributed by atoms with van der Waals surface area (Å²) in [5.41, 5.74) is 1.86. The fraction of sp³-hybridized carbons (Fsp3) is 0.304. The molecular formula is C23H26N2O5. The van der Waals surface area contributed by atoms with Gasteiger partial charge in [-0.25, -0.2) is 0 Å². The molecule has 1 saturated heterocycles. The number of aryl methyl sites for hydroxylation is 1. The highest BCUT2D eigenvalue weighted by Gasteiger charge is 2.46. The summed E-state index contributed by atoms with van der Waals surface area (Å²) < 4.78 is 5.21. The molecule has 0 bridgehead atoms. The van der Waals surface area contributed by atoms with Gasteiger partial charge in [-0.2, -0.15) is 0 Å². The Morgan fingerprint density at radius 2 is 1.80 bits per heavy atom. The number of carbonyl (C=O) groups excluding carboxylic acids is 2. The van der Waals surface area contributed by atoms with Gasteiger partial charge >= 0.3 is 0 Å². The normalized spacial score (nSPS) is 18.3. The maximum atomic E-state index is 13.0. The number of likely N-dealkylation sites (tertiary alicyclic amines) is 1. The third-order valence-corrected chi connectivity index (χ3v) is 5.23. The highest BCUT2D eigenvalue weighted by Crippen LogP contribution is 2.40. The molecule has 1 heterocycles. The number of amides is 1. The molecule has 0 saturated carbocycles. The van der Waals surface area contributed by atoms with Gasteiger partial charge in [-0.1, -0.05) is 12.1 Å². The van der Waals surface area contributed by atoms with Crippen molar-refractivity contribution < 1.29 is 24.5 Å². The summed E-state index contributed by atoms with van der Waals surface area (Å²) in [5, 5.41) is 20.8. The molecule has 1 aliphatic rings. The van der Waals surface area contributed by atoms with E-state index < -0.39 is 17.7 Å². The minimum atomic E-state index is -0.743. The number of nitrogens with zero attached hydrogens (tertiary/aromatic N) is 2. The fourth-order valence-corrected chi connectivity index (χ4v) is 3.60. The Kier molecular flexibility index (Phi) is 6.12. The van der Waals surface area contributed by atoms with Crippen LogP contribution >= 0.6 is 0 Å². The monoisotopic (exact) mass is 410 g/mol. The summed E-state index contributed by atoms with van der Waals surface area (Å²) >= 11 is 0. The van der Waals surface area contributed by atoms with E-state index in [1.54, 1.807) is 44.4 Å². The highest BCUT2D eigenvalue weighted by atomic mass is 16.5. The number of likely N-dealkylation sites (N-methyl/N-ethyl adjacent to an activating group) is 1. The Labute approximate surface area is 175 Å². The van der Waals surface area contributed by atoms with Gasteiger partial charge in [0.1, 0.15) is 17.3 Å². The van der Waals surface area contributed by atoms with Crippen LogP contribution in [0, 0.1) is 6.92 Å². The zero-order chi connectivity index (χ0) is 22.0. The average Bonchev–Trinajstić information content (AvgIpc) is 2.96. The molecule has 30 heavy (non-hydrogen) atoms. The van der Waals surface area contributed by atoms with Crippen molar-refractivity contribution in [1.82, 2.24) is 9.80 Å². The number of aromatic hydroxyl groups is 1. The molecule has 2 aromatic carbocycles. The standard InChI is InChI=1S/C23H26N2O5/c1-14-13-17(30-4)9-10-18(14)21(27)19-20(15-5-7-16(26)8-6-15)25(12-11-24(2)3)23(29)22(19)28/h5-10,13,20,26-27H,11-12H2,1-4H3/b21-19+/t20-/m1/s1. The van der Waals surface area contributed by atoms with Gasteiger partial charge in [0.2, 0.25) is 0 Å². The lowest BCUT2D eigenvalue weighted by Crippen LogP contribution is -2.35. The molecule has 1 fully saturated rings. The number of benzene rings is 2. The highest BCUT2D eigenvalue weighted by molar-refractivity contribution is 6.46. The molecule has 7 nitrogen and oxygen atoms in total. The second-order valence-corrected chi connectivity index (χ2v) is 7.57. The number of carbonyl (C=O) groups is 2. The fourth-order valence-electron chi connectivity index (χ4n) is 3.60. The van der Waals surface area contributed by atoms with E-state index in [9.17, 15) is 19.8 Å². The number of ketones is 1. The summed E-state index contributed by atoms with van der Waals surface area (Å²) in [6.07, 6.45) is 0. The lowest BCUT2D eigenvalue weighted by Gasteiger charge is -2.26. The van der Waals surface area contributed by atoms with E-state index in [0.29, 0.717) is 30.0 Å². The lowest BCUT2D eigenvalue weighted by molar-refractivity contribution is -0.140. The van der Waals surface area contributed by atoms with Crippen LogP contribution in [0.5, 0.6) is 11.5 Å². The van der Waals surface area contributed by atoms with Crippen LogP contribution in [0.15, 0.2) is 48.0 Å². The van der Waals surface area contributed by atoms with Crippen molar-refractivity contribution in [2.75, 3.05) is 34.3 Å². The number of methoxy groups -OCH3 is 1. The largest absolute Gasteiger partial charge is 0.508 e. The molecule has 3 rings (SSSR count). The summed E-state index contributed by atoms with van der Waals surface area (Å²) in [5.74, 6) is -0.887. The van der Waals surface area contributed by atoms with Crippen molar-refractivity contribution in [3.05, 3.63) is 64.7 Å². The van der Waals surface area contributed by atoms with Gasteiger partial charge in [-0.15, -0.1) is 0 Å². The minimum absolute atomic E-state index is 0.0395. The van der Waals surface area contributed by atoms with Crippen LogP contribution in [0.1, 0.15) is 22.7 Å². The third kappa shape index (κ3) is 4.02. The molecule has 158 valence electrons. The second-order valence-electron chi connectivity index (χ2n) is 7.57. The second kappa shape index (κ2) is 8.59. The molecule has 1 atom stereocenters. The van der Waals surface area contributed by atoms with Crippen LogP contribution in [-0.4, -0.2) is 66.0 Å². The summed E-state index contributed by atoms with van der Waals surface area (Å²) in [6, 6.07) is 10.7. The van der Waals surface area contributed by atoms with E-state index in [1.807, 2.05) is 19.0 Å². The first-order valence-corrected chi connectivity index (χ1v) is 9.61. The van der Waals surface area contributed by atoms with E-state index in [0.717, 1.165) is 5.56 Å². The Balaban J connectivity index is 2.16. The Hall–Kier alpha value is -3.32.